The number of hydrogen-bond acceptors (Lipinski definition) is 32. The first-order valence-corrected chi connectivity index (χ1v) is 61.1. The number of nitrogens with one attached hydrogen (secondary N) is 3. The number of carbonyl (C=O) groups excluding carboxylic acids is 6. The molecule has 820 valence electrons. The number of piperidine rings is 1. The summed E-state index contributed by atoms with van der Waals surface area (Å²) in [6.07, 6.45) is 18.7. The van der Waals surface area contributed by atoms with Crippen LogP contribution in [0.2, 0.25) is 0 Å². The summed E-state index contributed by atoms with van der Waals surface area (Å²) in [7, 11) is 22.5. The Kier molecular flexibility index (Phi) is 48.2. The summed E-state index contributed by atoms with van der Waals surface area (Å²) in [5.74, 6) is 8.56. The highest BCUT2D eigenvalue weighted by molar-refractivity contribution is 8.77. The van der Waals surface area contributed by atoms with Crippen LogP contribution in [0.3, 0.4) is 0 Å². The number of benzene rings is 7. The van der Waals surface area contributed by atoms with Gasteiger partial charge in [-0.25, -0.2) is 41.5 Å². The molecule has 0 bridgehead atoms. The number of fused-ring (bicyclic) bond motifs is 1. The molecule has 2 aliphatic heterocycles. The van der Waals surface area contributed by atoms with Gasteiger partial charge in [0, 0.05) is 122 Å². The number of aryl methyl sites for hydroxylation is 1. The first-order chi connectivity index (χ1) is 72.6. The molecule has 0 radical (unpaired) electrons. The van der Waals surface area contributed by atoms with Gasteiger partial charge < -0.3 is 96.3 Å². The van der Waals surface area contributed by atoms with Crippen LogP contribution in [-0.2, 0) is 59.2 Å². The van der Waals surface area contributed by atoms with E-state index in [1.807, 2.05) is 141 Å². The number of rotatable bonds is 49. The zero-order valence-electron chi connectivity index (χ0n) is 88.5. The average molecular weight is 2200 g/mol. The van der Waals surface area contributed by atoms with Crippen LogP contribution < -0.4 is 43.8 Å². The third-order valence-electron chi connectivity index (χ3n) is 28.4. The Balaban J connectivity index is 0.000000202. The fraction of sp³-hybridized carbons (Fsp3) is 0.545. The van der Waals surface area contributed by atoms with Gasteiger partial charge in [0.15, 0.2) is 11.5 Å². The topological polar surface area (TPSA) is 332 Å². The van der Waals surface area contributed by atoms with Gasteiger partial charge in [-0.3, -0.25) is 4.79 Å². The van der Waals surface area contributed by atoms with Crippen LogP contribution in [0.1, 0.15) is 188 Å². The van der Waals surface area contributed by atoms with Gasteiger partial charge >= 0.3 is 36.5 Å². The van der Waals surface area contributed by atoms with E-state index in [-0.39, 0.29) is 103 Å². The molecule has 1 saturated heterocycles. The lowest BCUT2D eigenvalue weighted by atomic mass is 9.71. The predicted octanol–water partition coefficient (Wildman–Crippen LogP) is 23.7. The summed E-state index contributed by atoms with van der Waals surface area (Å²) in [5, 5.41) is 10.1. The number of halogens is 1. The van der Waals surface area contributed by atoms with E-state index in [1.165, 1.54) is 67.2 Å². The SMILES string of the molecule is CCC1(CNC(=O)OCCSSCCOC(=O)O[C@]2(c3cccc(OC)c3)CCCC[C@@H]2CN(C)C)CCCCC1.COc1ccc(C(CN(C)C)C2(OC(=O)NCCSSCCOC(=O)N3CCC(c4ccc(F)cc4)C(COc4ccc5c(c4)OCO5)C3)CCCCC2)cc1.COc1cccc([C@@]2(OC(=O)CCCSSCCOC(=O)NS(=O)(=O)c3ccc(-c4noc(C)c4-c4ccccc4)cc3)CCCC[C@@H]2CN(C)C)c1. The molecular weight excluding hydrogens is 2050 g/mol. The summed E-state index contributed by atoms with van der Waals surface area (Å²) in [6.45, 7) is 10.0. The molecule has 3 N–H and O–H groups in total. The molecule has 7 aromatic carbocycles. The molecule has 14 rings (SSSR count). The predicted molar refractivity (Wildman–Crippen MR) is 595 cm³/mol. The van der Waals surface area contributed by atoms with Crippen LogP contribution in [0.25, 0.3) is 22.4 Å². The zero-order chi connectivity index (χ0) is 107. The van der Waals surface area contributed by atoms with E-state index in [0.29, 0.717) is 121 Å². The molecule has 4 saturated carbocycles. The number of amides is 4. The van der Waals surface area contributed by atoms with E-state index in [2.05, 4.69) is 77.7 Å². The van der Waals surface area contributed by atoms with E-state index in [0.717, 1.165) is 160 Å². The lowest BCUT2D eigenvalue weighted by molar-refractivity contribution is -0.174. The van der Waals surface area contributed by atoms with Gasteiger partial charge in [-0.1, -0.05) is 206 Å². The Bertz CT molecular complexity index is 5620. The highest BCUT2D eigenvalue weighted by Gasteiger charge is 2.50. The Labute approximate surface area is 908 Å². The maximum atomic E-state index is 13.7. The number of methoxy groups -OCH3 is 3. The van der Waals surface area contributed by atoms with Crippen molar-refractivity contribution in [1.29, 1.82) is 0 Å². The number of ether oxygens (including phenoxy) is 13. The van der Waals surface area contributed by atoms with Crippen molar-refractivity contribution in [3.8, 4) is 56.9 Å². The van der Waals surface area contributed by atoms with Gasteiger partial charge in [-0.15, -0.1) is 0 Å². The molecule has 4 aliphatic carbocycles. The largest absolute Gasteiger partial charge is 0.509 e. The average Bonchev–Trinajstić information content (AvgIpc) is 0.846. The number of carbonyl (C=O) groups is 6. The Morgan fingerprint density at radius 3 is 1.71 bits per heavy atom. The van der Waals surface area contributed by atoms with E-state index >= 15 is 0 Å². The number of alkyl carbamates (subject to hydrolysis) is 2. The van der Waals surface area contributed by atoms with Gasteiger partial charge in [0.05, 0.1) is 38.4 Å². The minimum absolute atomic E-state index is 0.0180. The summed E-state index contributed by atoms with van der Waals surface area (Å²) in [5.41, 5.74) is 5.32. The van der Waals surface area contributed by atoms with Gasteiger partial charge in [0.2, 0.25) is 6.79 Å². The quantitative estimate of drug-likeness (QED) is 0.0138. The standard InChI is InChI=1S/C42H54FN3O8S2.C39H47N3O8S3.C31H50N2O6S2/c1-45(2)27-37(31-9-13-34(49-3)14-10-31)42(18-5-4-6-19-42)54-40(47)44-20-23-55-56-24-22-50-41(48)46-21-17-36(30-7-11-33(43)12-8-30)32(26-46)28-51-35-15-16-38-39(25-35)53-29-52-38;1-28-36(29-12-6-5-7-13-29)37(40-50-28)30-18-20-34(21-19-30)53(45,46)41-38(44)48-23-25-52-51-24-11-17-35(43)49-39(31-15-10-16-33(26-31)47-4)22-9-8-14-32(39)27-42(2)3;1-5-30(15-8-6-9-16-30)24-32-28(34)37-18-20-40-41-21-19-38-29(35)39-31(25-13-11-14-27(22-25)36-4)17-10-7-12-26(31)23-33(2)3/h7-16,25,32,36-37H,4-6,17-24,26-29H2,1-3H3,(H,44,47);5-7,10,12-13,15-16,18-21,26,32H,8-9,11,14,17,22-25,27H2,1-4H3,(H,41,44);11,13-14,22,26H,5-10,12,15-21,23-24H2,1-4H3,(H,32,34)/t;32-,39+;26-,31+/m.11/s1. The smallest absolute Gasteiger partial charge is 0.497 e. The van der Waals surface area contributed by atoms with Crippen molar-refractivity contribution in [2.45, 2.75) is 189 Å². The zero-order valence-corrected chi connectivity index (χ0v) is 94.2. The molecule has 8 aromatic rings. The molecule has 1 aromatic heterocycles. The third kappa shape index (κ3) is 35.6. The number of esters is 1. The van der Waals surface area contributed by atoms with Crippen LogP contribution in [-0.4, -0.2) is 259 Å². The second kappa shape index (κ2) is 60.8. The molecule has 3 heterocycles. The van der Waals surface area contributed by atoms with E-state index in [9.17, 15) is 41.6 Å². The van der Waals surface area contributed by atoms with E-state index < -0.39 is 39.1 Å². The van der Waals surface area contributed by atoms with Crippen LogP contribution in [0.15, 0.2) is 179 Å². The molecule has 6 aliphatic rings. The fourth-order valence-corrected chi connectivity index (χ4v) is 27.0. The van der Waals surface area contributed by atoms with Crippen molar-refractivity contribution in [3.63, 3.8) is 0 Å². The molecular formula is C112H151FN8O22S7. The maximum Gasteiger partial charge on any atom is 0.509 e. The summed E-state index contributed by atoms with van der Waals surface area (Å²) in [4.78, 5) is 85.1. The normalized spacial score (nSPS) is 19.4. The van der Waals surface area contributed by atoms with Gasteiger partial charge in [0.1, 0.15) is 83.5 Å². The Hall–Kier alpha value is -9.77. The van der Waals surface area contributed by atoms with Gasteiger partial charge in [0.25, 0.3) is 10.0 Å². The van der Waals surface area contributed by atoms with Crippen LogP contribution in [0, 0.1) is 35.9 Å². The second-order valence-electron chi connectivity index (χ2n) is 39.5. The van der Waals surface area contributed by atoms with Crippen LogP contribution in [0.4, 0.5) is 28.4 Å². The third-order valence-corrected chi connectivity index (χ3v) is 36.9. The highest BCUT2D eigenvalue weighted by Crippen LogP contribution is 2.51. The molecule has 3 unspecified atom stereocenters. The number of nitrogens with zero attached hydrogens (tertiary/aromatic N) is 5. The molecule has 150 heavy (non-hydrogen) atoms. The number of sulfonamides is 1. The molecule has 5 fully saturated rings. The van der Waals surface area contributed by atoms with Crippen molar-refractivity contribution >= 4 is 111 Å². The minimum Gasteiger partial charge on any atom is -0.497 e. The lowest BCUT2D eigenvalue weighted by Crippen LogP contribution is -2.48. The van der Waals surface area contributed by atoms with Gasteiger partial charge in [-0.2, -0.15) is 0 Å². The van der Waals surface area contributed by atoms with Crippen LogP contribution >= 0.6 is 64.8 Å². The number of likely N-dealkylation sites (tertiary alicyclic amines) is 1. The fourth-order valence-electron chi connectivity index (χ4n) is 20.8. The summed E-state index contributed by atoms with van der Waals surface area (Å²) < 4.78 is 121. The number of hydrogen-bond donors (Lipinski definition) is 3. The Morgan fingerprint density at radius 2 is 1.10 bits per heavy atom. The monoisotopic (exact) mass is 2200 g/mol. The summed E-state index contributed by atoms with van der Waals surface area (Å²) in [6, 6.07) is 51.6. The molecule has 7 atom stereocenters. The Morgan fingerprint density at radius 1 is 0.533 bits per heavy atom. The first-order valence-electron chi connectivity index (χ1n) is 52.1. The van der Waals surface area contributed by atoms with Crippen molar-refractivity contribution in [1.82, 2.24) is 40.1 Å². The van der Waals surface area contributed by atoms with Gasteiger partial charge in [-0.05, 0) is 257 Å². The number of aromatic nitrogens is 1. The minimum atomic E-state index is -4.16. The second-order valence-corrected chi connectivity index (χ2v) is 49.3. The van der Waals surface area contributed by atoms with Crippen LogP contribution in [0.5, 0.6) is 34.5 Å². The van der Waals surface area contributed by atoms with E-state index in [1.54, 1.807) is 98.4 Å². The number of likely N-dealkylation sites (N-methyl/N-ethyl adjacent to an activating group) is 1. The maximum absolute atomic E-state index is 13.7. The molecule has 4 amide bonds. The summed E-state index contributed by atoms with van der Waals surface area (Å²) >= 11 is 0. The van der Waals surface area contributed by atoms with Crippen molar-refractivity contribution < 1.29 is 108 Å². The van der Waals surface area contributed by atoms with E-state index in [4.69, 9.17) is 66.1 Å². The van der Waals surface area contributed by atoms with Crippen molar-refractivity contribution in [3.05, 3.63) is 204 Å². The highest BCUT2D eigenvalue weighted by atomic mass is 33.1. The molecule has 30 nitrogen and oxygen atoms in total. The lowest BCUT2D eigenvalue weighted by Gasteiger charge is -2.45. The molecule has 38 heteroatoms. The van der Waals surface area contributed by atoms with Crippen molar-refractivity contribution in [2.24, 2.45) is 23.2 Å². The molecule has 0 spiro atoms. The van der Waals surface area contributed by atoms with Crippen molar-refractivity contribution in [2.75, 3.05) is 184 Å². The first kappa shape index (κ1) is 119.